The average molecular weight is 582 g/mol. The predicted molar refractivity (Wildman–Crippen MR) is 109 cm³/mol. The van der Waals surface area contributed by atoms with Crippen molar-refractivity contribution in [3.05, 3.63) is 0 Å². The van der Waals surface area contributed by atoms with Gasteiger partial charge in [0.25, 0.3) is 0 Å². The van der Waals surface area contributed by atoms with Crippen molar-refractivity contribution < 1.29 is 93.6 Å². The van der Waals surface area contributed by atoms with E-state index in [0.717, 1.165) is 0 Å². The number of rotatable bonds is 15. The smallest absolute Gasteiger partial charge is 0.372 e. The maximum atomic E-state index is 10.3. The lowest BCUT2D eigenvalue weighted by Gasteiger charge is -2.09. The summed E-state index contributed by atoms with van der Waals surface area (Å²) < 4.78 is 0. The number of ketones is 3. The van der Waals surface area contributed by atoms with Crippen molar-refractivity contribution in [2.24, 2.45) is 11.5 Å². The van der Waals surface area contributed by atoms with Crippen LogP contribution in [0.1, 0.15) is 38.5 Å². The maximum absolute atomic E-state index is 10.3. The Balaban J connectivity index is -0.000000217. The summed E-state index contributed by atoms with van der Waals surface area (Å²) in [6.07, 6.45) is -3.09. The lowest BCUT2D eigenvalue weighted by atomic mass is 10.1. The minimum Gasteiger partial charge on any atom is -0.550 e. The summed E-state index contributed by atoms with van der Waals surface area (Å²) in [7, 11) is 0. The van der Waals surface area contributed by atoms with Crippen molar-refractivity contribution >= 4 is 65.1 Å². The third-order valence-corrected chi connectivity index (χ3v) is 3.26. The number of carboxylic acids is 8. The molecule has 0 unspecified atom stereocenters. The van der Waals surface area contributed by atoms with Gasteiger partial charge in [0.1, 0.15) is 5.97 Å². The first-order valence-electron chi connectivity index (χ1n) is 9.89. The van der Waals surface area contributed by atoms with Gasteiger partial charge < -0.3 is 71.5 Å². The Morgan fingerprint density at radius 1 is 0.550 bits per heavy atom. The van der Waals surface area contributed by atoms with Gasteiger partial charge in [-0.3, -0.25) is 24.0 Å². The van der Waals surface area contributed by atoms with Crippen LogP contribution in [-0.2, 0) is 52.7 Å². The molecule has 0 aliphatic heterocycles. The van der Waals surface area contributed by atoms with Gasteiger partial charge in [0.2, 0.25) is 11.6 Å². The van der Waals surface area contributed by atoms with Gasteiger partial charge in [0.15, 0.2) is 5.78 Å². The Morgan fingerprint density at radius 3 is 1.20 bits per heavy atom. The van der Waals surface area contributed by atoms with E-state index in [1.54, 1.807) is 0 Å². The number of carbonyl (C=O) groups excluding carboxylic acids is 7. The summed E-state index contributed by atoms with van der Waals surface area (Å²) in [6.45, 7) is 0. The fourth-order valence-electron chi connectivity index (χ4n) is 1.30. The fourth-order valence-corrected chi connectivity index (χ4v) is 1.30. The largest absolute Gasteiger partial charge is 0.550 e. The lowest BCUT2D eigenvalue weighted by Crippen LogP contribution is -2.43. The number of nitrogens with two attached hydrogens (primary N) is 2. The van der Waals surface area contributed by atoms with Crippen LogP contribution in [-0.4, -0.2) is 97.6 Å². The van der Waals surface area contributed by atoms with Gasteiger partial charge >= 0.3 is 23.9 Å². The second-order valence-corrected chi connectivity index (χ2v) is 6.60. The summed E-state index contributed by atoms with van der Waals surface area (Å²) in [6, 6.07) is -2.71. The summed E-state index contributed by atoms with van der Waals surface area (Å²) in [5.74, 6) is -16.0. The van der Waals surface area contributed by atoms with Gasteiger partial charge in [-0.25, -0.2) is 9.59 Å². The summed E-state index contributed by atoms with van der Waals surface area (Å²) in [5, 5.41) is 70.8. The summed E-state index contributed by atoms with van der Waals surface area (Å²) in [4.78, 5) is 108. The highest BCUT2D eigenvalue weighted by atomic mass is 16.4. The van der Waals surface area contributed by atoms with Crippen LogP contribution in [0.15, 0.2) is 0 Å². The second-order valence-electron chi connectivity index (χ2n) is 6.60. The highest BCUT2D eigenvalue weighted by Crippen LogP contribution is 1.92. The third-order valence-electron chi connectivity index (χ3n) is 3.26. The minimum absolute atomic E-state index is 0.0856. The molecule has 0 saturated carbocycles. The van der Waals surface area contributed by atoms with Crippen molar-refractivity contribution in [3.63, 3.8) is 0 Å². The third kappa shape index (κ3) is 30.7. The fraction of sp³-hybridized carbons (Fsp3) is 0.421. The van der Waals surface area contributed by atoms with Crippen molar-refractivity contribution in [2.75, 3.05) is 0 Å². The monoisotopic (exact) mass is 582 g/mol. The highest BCUT2D eigenvalue weighted by Gasteiger charge is 2.16. The lowest BCUT2D eigenvalue weighted by molar-refractivity contribution is -0.308. The maximum Gasteiger partial charge on any atom is 0.372 e. The van der Waals surface area contributed by atoms with E-state index in [1.807, 2.05) is 0 Å². The molecule has 21 nitrogen and oxygen atoms in total. The molecule has 40 heavy (non-hydrogen) atoms. The van der Waals surface area contributed by atoms with Crippen LogP contribution in [0.25, 0.3) is 0 Å². The molecule has 0 aliphatic rings. The molecule has 0 aromatic carbocycles. The van der Waals surface area contributed by atoms with Crippen LogP contribution in [0.4, 0.5) is 0 Å². The van der Waals surface area contributed by atoms with E-state index < -0.39 is 103 Å². The van der Waals surface area contributed by atoms with E-state index in [0.29, 0.717) is 0 Å². The Kier molecular flexibility index (Phi) is 23.9. The zero-order valence-corrected chi connectivity index (χ0v) is 20.0. The number of Topliss-reactive ketones (excluding diaryl/α,β-unsaturated/α-hetero) is 3. The number of carbonyl (C=O) groups is 11. The number of carboxylic acid groups (broad SMARTS) is 8. The molecule has 0 heterocycles. The zero-order valence-electron chi connectivity index (χ0n) is 20.0. The van der Waals surface area contributed by atoms with Crippen molar-refractivity contribution in [2.45, 2.75) is 50.6 Å². The molecule has 0 aromatic rings. The van der Waals surface area contributed by atoms with Gasteiger partial charge in [-0.1, -0.05) is 0 Å². The van der Waals surface area contributed by atoms with E-state index >= 15 is 0 Å². The van der Waals surface area contributed by atoms with Gasteiger partial charge in [0, 0.05) is 31.3 Å². The Bertz CT molecular complexity index is 986. The van der Waals surface area contributed by atoms with E-state index in [9.17, 15) is 73.2 Å². The molecule has 21 heteroatoms. The molecule has 226 valence electrons. The minimum atomic E-state index is -1.83. The second kappa shape index (κ2) is 22.9. The van der Waals surface area contributed by atoms with Gasteiger partial charge in [-0.2, -0.15) is 0 Å². The van der Waals surface area contributed by atoms with Crippen LogP contribution in [0, 0.1) is 0 Å². The number of hydrogen-bond donors (Lipinski definition) is 6. The Labute approximate surface area is 221 Å². The first-order chi connectivity index (χ1) is 18.1. The van der Waals surface area contributed by atoms with E-state index in [-0.39, 0.29) is 12.8 Å². The number of aliphatic carboxylic acids is 8. The van der Waals surface area contributed by atoms with Gasteiger partial charge in [-0.15, -0.1) is 0 Å². The molecule has 0 rings (SSSR count). The first-order valence-corrected chi connectivity index (χ1v) is 9.89. The van der Waals surface area contributed by atoms with Crippen LogP contribution >= 0.6 is 0 Å². The molecule has 0 spiro atoms. The van der Waals surface area contributed by atoms with E-state index in [2.05, 4.69) is 0 Å². The predicted octanol–water partition coefficient (Wildman–Crippen LogP) is -9.01. The normalized spacial score (nSPS) is 10.6. The topological polar surface area (TPSA) is 413 Å². The molecule has 0 aliphatic carbocycles. The summed E-state index contributed by atoms with van der Waals surface area (Å²) in [5.41, 5.74) is 9.75. The van der Waals surface area contributed by atoms with E-state index in [1.165, 1.54) is 0 Å². The van der Waals surface area contributed by atoms with Crippen LogP contribution < -0.4 is 31.9 Å². The van der Waals surface area contributed by atoms with Crippen molar-refractivity contribution in [3.8, 4) is 0 Å². The molecular formula is C19H22N2O19-4. The molecule has 0 saturated heterocycles. The molecule has 0 bridgehead atoms. The molecule has 0 amide bonds. The van der Waals surface area contributed by atoms with Crippen LogP contribution in [0.3, 0.4) is 0 Å². The molecule has 0 aromatic heterocycles. The molecule has 8 N–H and O–H groups in total. The number of hydrogen-bond acceptors (Lipinski definition) is 17. The Morgan fingerprint density at radius 2 is 0.950 bits per heavy atom. The van der Waals surface area contributed by atoms with Gasteiger partial charge in [0.05, 0.1) is 30.8 Å². The average Bonchev–Trinajstić information content (AvgIpc) is 2.81. The molecular weight excluding hydrogens is 560 g/mol. The zero-order chi connectivity index (χ0) is 32.7. The SMILES string of the molecule is N[C@@H](CC(=O)C(=O)O)C(=O)[O-].N[C@@H](CCC(=O)O)C(=O)[O-].O=C(O)CCC(=O)C(=O)[O-].O=C([O-])CC(=O)C(=O)O. The molecule has 2 atom stereocenters. The standard InChI is InChI=1S/C5H7NO5.C5H9NO4.C5H6O5.C4H4O5/c6-2(4(8)9)1-3(7)5(10)11;2*6-3(5(9)10)1-2-4(7)8;5-2(4(8)9)1-3(6)7/h2H,1,6H2,(H,8,9)(H,10,11);3H,1-2,6H2,(H,7,8)(H,9,10);1-2H2,(H,7,8)(H,9,10);1H2,(H,6,7)(H,8,9)/p-4/t2-;3-;;/m00../s1. The van der Waals surface area contributed by atoms with Gasteiger partial charge in [-0.05, 0) is 6.42 Å². The molecule has 0 fully saturated rings. The van der Waals surface area contributed by atoms with E-state index in [4.69, 9.17) is 31.9 Å². The summed E-state index contributed by atoms with van der Waals surface area (Å²) >= 11 is 0. The van der Waals surface area contributed by atoms with Crippen LogP contribution in [0.5, 0.6) is 0 Å². The quantitative estimate of drug-likeness (QED) is 0.0770. The van der Waals surface area contributed by atoms with Crippen molar-refractivity contribution in [1.82, 2.24) is 0 Å². The van der Waals surface area contributed by atoms with Crippen molar-refractivity contribution in [1.29, 1.82) is 0 Å². The van der Waals surface area contributed by atoms with Crippen LogP contribution in [0.2, 0.25) is 0 Å². The Hall–Kier alpha value is -5.31. The first kappa shape index (κ1) is 41.8. The molecule has 0 radical (unpaired) electrons. The highest BCUT2D eigenvalue weighted by molar-refractivity contribution is 6.35.